The molecule has 1 atom stereocenters. The van der Waals surface area contributed by atoms with Crippen LogP contribution in [0.3, 0.4) is 0 Å². The average molecular weight is 257 g/mol. The van der Waals surface area contributed by atoms with Crippen molar-refractivity contribution in [3.63, 3.8) is 0 Å². The van der Waals surface area contributed by atoms with Gasteiger partial charge in [0.15, 0.2) is 0 Å². The molecule has 0 saturated carbocycles. The molecule has 0 amide bonds. The quantitative estimate of drug-likeness (QED) is 0.701. The van der Waals surface area contributed by atoms with E-state index in [0.717, 1.165) is 22.0 Å². The van der Waals surface area contributed by atoms with Gasteiger partial charge in [-0.1, -0.05) is 0 Å². The van der Waals surface area contributed by atoms with E-state index in [1.807, 2.05) is 0 Å². The summed E-state index contributed by atoms with van der Waals surface area (Å²) in [6, 6.07) is 0. The van der Waals surface area contributed by atoms with Gasteiger partial charge in [0.1, 0.15) is 6.17 Å². The molecule has 74 valence electrons. The van der Waals surface area contributed by atoms with Crippen molar-refractivity contribution >= 4 is 21.6 Å². The van der Waals surface area contributed by atoms with Gasteiger partial charge in [-0.2, -0.15) is 0 Å². The van der Waals surface area contributed by atoms with Crippen molar-refractivity contribution in [2.45, 2.75) is 19.0 Å². The van der Waals surface area contributed by atoms with Crippen LogP contribution in [-0.2, 0) is 6.42 Å². The Kier molecular flexibility index (Phi) is 2.63. The van der Waals surface area contributed by atoms with Crippen LogP contribution in [0, 0.1) is 0 Å². The summed E-state index contributed by atoms with van der Waals surface area (Å²) in [5.41, 5.74) is 2.50. The third kappa shape index (κ3) is 1.47. The van der Waals surface area contributed by atoms with E-state index in [9.17, 15) is 4.39 Å². The fraction of sp³-hybridized carbons (Fsp3) is 0.400. The fourth-order valence-corrected chi connectivity index (χ4v) is 2.30. The number of rotatable bonds is 0. The maximum atomic E-state index is 13.5. The summed E-state index contributed by atoms with van der Waals surface area (Å²) in [4.78, 5) is 8.03. The zero-order valence-electron chi connectivity index (χ0n) is 7.80. The van der Waals surface area contributed by atoms with E-state index in [2.05, 4.69) is 25.9 Å². The predicted octanol–water partition coefficient (Wildman–Crippen LogP) is 2.55. The Morgan fingerprint density at radius 2 is 2.36 bits per heavy atom. The second-order valence-corrected chi connectivity index (χ2v) is 4.12. The summed E-state index contributed by atoms with van der Waals surface area (Å²) in [6.07, 6.45) is 3.75. The van der Waals surface area contributed by atoms with E-state index in [4.69, 9.17) is 0 Å². The topological polar surface area (TPSA) is 25.2 Å². The molecule has 2 nitrogen and oxygen atoms in total. The van der Waals surface area contributed by atoms with E-state index in [1.54, 1.807) is 19.4 Å². The summed E-state index contributed by atoms with van der Waals surface area (Å²) < 4.78 is 14.4. The summed E-state index contributed by atoms with van der Waals surface area (Å²) in [6.45, 7) is 0. The lowest BCUT2D eigenvalue weighted by atomic mass is 9.90. The van der Waals surface area contributed by atoms with Crippen molar-refractivity contribution in [1.29, 1.82) is 0 Å². The summed E-state index contributed by atoms with van der Waals surface area (Å²) >= 11 is 3.42. The molecule has 0 saturated heterocycles. The highest BCUT2D eigenvalue weighted by atomic mass is 79.9. The molecule has 4 heteroatoms. The summed E-state index contributed by atoms with van der Waals surface area (Å²) in [5, 5.41) is 0. The molecular weight excluding hydrogens is 247 g/mol. The van der Waals surface area contributed by atoms with Crippen molar-refractivity contribution in [1.82, 2.24) is 4.98 Å². The molecule has 1 heterocycles. The highest BCUT2D eigenvalue weighted by Crippen LogP contribution is 2.28. The molecule has 0 fully saturated rings. The maximum absolute atomic E-state index is 13.5. The number of alkyl halides is 1. The number of aliphatic imine (C=N–C) groups is 1. The third-order valence-electron chi connectivity index (χ3n) is 2.47. The van der Waals surface area contributed by atoms with Crippen LogP contribution in [0.2, 0.25) is 0 Å². The highest BCUT2D eigenvalue weighted by molar-refractivity contribution is 9.10. The van der Waals surface area contributed by atoms with E-state index < -0.39 is 6.17 Å². The lowest BCUT2D eigenvalue weighted by Crippen LogP contribution is -2.25. The van der Waals surface area contributed by atoms with Gasteiger partial charge < -0.3 is 0 Å². The zero-order valence-corrected chi connectivity index (χ0v) is 9.38. The van der Waals surface area contributed by atoms with Gasteiger partial charge in [-0.15, -0.1) is 0 Å². The zero-order chi connectivity index (χ0) is 10.1. The van der Waals surface area contributed by atoms with E-state index in [0.29, 0.717) is 12.1 Å². The molecule has 0 spiro atoms. The van der Waals surface area contributed by atoms with Crippen molar-refractivity contribution in [3.05, 3.63) is 28.0 Å². The normalized spacial score (nSPS) is 23.6. The standard InChI is InChI=1S/C10H10BrFN2/c1-13-10-7-4-14-5-8(11)6(7)2-3-9(10)12/h4-5,9H,2-3H2,1H3/b13-10-. The van der Waals surface area contributed by atoms with Gasteiger partial charge in [-0.3, -0.25) is 9.98 Å². The Bertz CT molecular complexity index is 390. The minimum atomic E-state index is -0.941. The largest absolute Gasteiger partial charge is 0.289 e. The van der Waals surface area contributed by atoms with Gasteiger partial charge >= 0.3 is 0 Å². The van der Waals surface area contributed by atoms with Crippen LogP contribution in [0.25, 0.3) is 0 Å². The van der Waals surface area contributed by atoms with Crippen molar-refractivity contribution < 1.29 is 4.39 Å². The lowest BCUT2D eigenvalue weighted by molar-refractivity contribution is 0.395. The smallest absolute Gasteiger partial charge is 0.142 e. The van der Waals surface area contributed by atoms with Crippen molar-refractivity contribution in [2.75, 3.05) is 7.05 Å². The van der Waals surface area contributed by atoms with E-state index >= 15 is 0 Å². The Labute approximate surface area is 90.4 Å². The number of halogens is 2. The number of fused-ring (bicyclic) bond motifs is 1. The average Bonchev–Trinajstić information content (AvgIpc) is 2.18. The van der Waals surface area contributed by atoms with Crippen molar-refractivity contribution in [2.24, 2.45) is 4.99 Å². The van der Waals surface area contributed by atoms with Crippen LogP contribution in [0.4, 0.5) is 4.39 Å². The van der Waals surface area contributed by atoms with Crippen LogP contribution in [0.5, 0.6) is 0 Å². The summed E-state index contributed by atoms with van der Waals surface area (Å²) in [7, 11) is 1.62. The molecular formula is C10H10BrFN2. The molecule has 14 heavy (non-hydrogen) atoms. The van der Waals surface area contributed by atoms with Crippen LogP contribution >= 0.6 is 15.9 Å². The Morgan fingerprint density at radius 3 is 3.07 bits per heavy atom. The minimum absolute atomic E-state index is 0.516. The monoisotopic (exact) mass is 256 g/mol. The van der Waals surface area contributed by atoms with Crippen molar-refractivity contribution in [3.8, 4) is 0 Å². The molecule has 0 aliphatic heterocycles. The number of nitrogens with zero attached hydrogens (tertiary/aromatic N) is 2. The van der Waals surface area contributed by atoms with E-state index in [1.165, 1.54) is 0 Å². The molecule has 2 rings (SSSR count). The first-order valence-electron chi connectivity index (χ1n) is 4.47. The van der Waals surface area contributed by atoms with Gasteiger partial charge in [0.05, 0.1) is 5.71 Å². The second-order valence-electron chi connectivity index (χ2n) is 3.26. The number of pyridine rings is 1. The number of hydrogen-bond acceptors (Lipinski definition) is 2. The fourth-order valence-electron chi connectivity index (χ4n) is 1.77. The first-order valence-corrected chi connectivity index (χ1v) is 5.27. The molecule has 0 bridgehead atoms. The minimum Gasteiger partial charge on any atom is -0.289 e. The van der Waals surface area contributed by atoms with E-state index in [-0.39, 0.29) is 0 Å². The van der Waals surface area contributed by atoms with Crippen LogP contribution in [-0.4, -0.2) is 23.9 Å². The van der Waals surface area contributed by atoms with Crippen LogP contribution in [0.15, 0.2) is 21.9 Å². The molecule has 1 unspecified atom stereocenters. The second kappa shape index (κ2) is 3.77. The van der Waals surface area contributed by atoms with Gasteiger partial charge in [0.2, 0.25) is 0 Å². The van der Waals surface area contributed by atoms with Gasteiger partial charge in [0, 0.05) is 29.5 Å². The Morgan fingerprint density at radius 1 is 1.57 bits per heavy atom. The molecule has 1 aromatic rings. The van der Waals surface area contributed by atoms with Crippen LogP contribution in [0.1, 0.15) is 17.5 Å². The summed E-state index contributed by atoms with van der Waals surface area (Å²) in [5.74, 6) is 0. The maximum Gasteiger partial charge on any atom is 0.142 e. The Hall–Kier alpha value is -0.770. The highest BCUT2D eigenvalue weighted by Gasteiger charge is 2.25. The molecule has 1 aliphatic carbocycles. The van der Waals surface area contributed by atoms with Gasteiger partial charge in [0.25, 0.3) is 0 Å². The van der Waals surface area contributed by atoms with Gasteiger partial charge in [-0.05, 0) is 34.3 Å². The lowest BCUT2D eigenvalue weighted by Gasteiger charge is -2.21. The molecule has 1 aromatic heterocycles. The SMILES string of the molecule is C/N=C1/c2cncc(Br)c2CCC1F. The molecule has 0 N–H and O–H groups in total. The van der Waals surface area contributed by atoms with Crippen LogP contribution < -0.4 is 0 Å². The number of hydrogen-bond donors (Lipinski definition) is 0. The molecule has 0 radical (unpaired) electrons. The first-order chi connectivity index (χ1) is 6.74. The third-order valence-corrected chi connectivity index (χ3v) is 3.15. The van der Waals surface area contributed by atoms with Gasteiger partial charge in [-0.25, -0.2) is 4.39 Å². The Balaban J connectivity index is 2.58. The number of aromatic nitrogens is 1. The molecule has 0 aromatic carbocycles. The predicted molar refractivity (Wildman–Crippen MR) is 57.6 cm³/mol. The first kappa shape index (κ1) is 9.77. The molecule has 1 aliphatic rings.